The molecule has 0 saturated carbocycles. The zero-order valence-corrected chi connectivity index (χ0v) is 11.3. The van der Waals surface area contributed by atoms with Gasteiger partial charge in [-0.1, -0.05) is 17.7 Å². The molecular weight excluding hydrogens is 250 g/mol. The fraction of sp³-hybridized carbons (Fsp3) is 0.385. The van der Waals surface area contributed by atoms with E-state index in [1.54, 1.807) is 23.1 Å². The summed E-state index contributed by atoms with van der Waals surface area (Å²) in [4.78, 5) is 13.5. The molecule has 0 spiro atoms. The molecule has 1 aromatic carbocycles. The molecule has 0 atom stereocenters. The topological polar surface area (TPSA) is 56.1 Å². The second-order valence-electron chi connectivity index (χ2n) is 3.69. The fourth-order valence-electron chi connectivity index (χ4n) is 1.64. The first kappa shape index (κ1) is 14.3. The Bertz CT molecular complexity index is 464. The molecule has 0 aliphatic heterocycles. The van der Waals surface area contributed by atoms with E-state index in [0.717, 1.165) is 0 Å². The van der Waals surface area contributed by atoms with Crippen molar-refractivity contribution in [2.75, 3.05) is 25.0 Å². The molecule has 0 aromatic heterocycles. The third kappa shape index (κ3) is 3.38. The first-order chi connectivity index (χ1) is 8.63. The number of benzene rings is 1. The third-order valence-electron chi connectivity index (χ3n) is 2.67. The Morgan fingerprint density at radius 1 is 1.44 bits per heavy atom. The van der Waals surface area contributed by atoms with Crippen LogP contribution in [-0.2, 0) is 4.79 Å². The summed E-state index contributed by atoms with van der Waals surface area (Å²) in [6, 6.07) is 7.16. The van der Waals surface area contributed by atoms with Crippen LogP contribution >= 0.6 is 11.6 Å². The maximum absolute atomic E-state index is 11.8. The van der Waals surface area contributed by atoms with E-state index in [0.29, 0.717) is 29.4 Å². The second-order valence-corrected chi connectivity index (χ2v) is 4.10. The minimum Gasteiger partial charge on any atom is -0.375 e. The molecule has 96 valence electrons. The number of carbonyl (C=O) groups excluding carboxylic acids is 1. The SMILES string of the molecule is CCN(CC)C(=O)CNc1cccc(Cl)c1C#N. The third-order valence-corrected chi connectivity index (χ3v) is 2.99. The van der Waals surface area contributed by atoms with E-state index in [9.17, 15) is 4.79 Å². The summed E-state index contributed by atoms with van der Waals surface area (Å²) in [6.07, 6.45) is 0. The van der Waals surface area contributed by atoms with Crippen molar-refractivity contribution in [1.29, 1.82) is 5.26 Å². The van der Waals surface area contributed by atoms with Gasteiger partial charge in [0.2, 0.25) is 5.91 Å². The zero-order chi connectivity index (χ0) is 13.5. The monoisotopic (exact) mass is 265 g/mol. The number of amides is 1. The summed E-state index contributed by atoms with van der Waals surface area (Å²) in [6.45, 7) is 5.38. The Morgan fingerprint density at radius 3 is 2.67 bits per heavy atom. The van der Waals surface area contributed by atoms with Gasteiger partial charge in [0.1, 0.15) is 6.07 Å². The van der Waals surface area contributed by atoms with Crippen LogP contribution in [0, 0.1) is 11.3 Å². The van der Waals surface area contributed by atoms with Crippen LogP contribution in [-0.4, -0.2) is 30.4 Å². The van der Waals surface area contributed by atoms with Gasteiger partial charge >= 0.3 is 0 Å². The Balaban J connectivity index is 2.73. The van der Waals surface area contributed by atoms with E-state index < -0.39 is 0 Å². The summed E-state index contributed by atoms with van der Waals surface area (Å²) in [5.41, 5.74) is 0.956. The van der Waals surface area contributed by atoms with Crippen LogP contribution < -0.4 is 5.32 Å². The van der Waals surface area contributed by atoms with Gasteiger partial charge < -0.3 is 10.2 Å². The van der Waals surface area contributed by atoms with Gasteiger partial charge in [-0.2, -0.15) is 5.26 Å². The minimum absolute atomic E-state index is 0.00358. The van der Waals surface area contributed by atoms with Crippen molar-refractivity contribution in [1.82, 2.24) is 4.90 Å². The number of hydrogen-bond donors (Lipinski definition) is 1. The molecule has 1 rings (SSSR count). The number of nitrogens with zero attached hydrogens (tertiary/aromatic N) is 2. The highest BCUT2D eigenvalue weighted by Crippen LogP contribution is 2.22. The first-order valence-electron chi connectivity index (χ1n) is 5.84. The fourth-order valence-corrected chi connectivity index (χ4v) is 1.86. The van der Waals surface area contributed by atoms with E-state index in [1.165, 1.54) is 0 Å². The Hall–Kier alpha value is -1.73. The van der Waals surface area contributed by atoms with E-state index in [2.05, 4.69) is 5.32 Å². The summed E-state index contributed by atoms with van der Waals surface area (Å²) in [7, 11) is 0. The summed E-state index contributed by atoms with van der Waals surface area (Å²) < 4.78 is 0. The molecule has 1 amide bonds. The van der Waals surface area contributed by atoms with Crippen LogP contribution in [0.25, 0.3) is 0 Å². The van der Waals surface area contributed by atoms with Gasteiger partial charge in [0, 0.05) is 13.1 Å². The van der Waals surface area contributed by atoms with Crippen LogP contribution in [0.2, 0.25) is 5.02 Å². The molecule has 0 unspecified atom stereocenters. The molecule has 0 aliphatic carbocycles. The molecule has 0 saturated heterocycles. The highest BCUT2D eigenvalue weighted by Gasteiger charge is 2.11. The van der Waals surface area contributed by atoms with Gasteiger partial charge in [0.05, 0.1) is 22.8 Å². The van der Waals surface area contributed by atoms with E-state index in [1.807, 2.05) is 19.9 Å². The number of rotatable bonds is 5. The second kappa shape index (κ2) is 6.87. The lowest BCUT2D eigenvalue weighted by molar-refractivity contribution is -0.128. The van der Waals surface area contributed by atoms with Crippen LogP contribution in [0.4, 0.5) is 5.69 Å². The highest BCUT2D eigenvalue weighted by atomic mass is 35.5. The maximum Gasteiger partial charge on any atom is 0.241 e. The van der Waals surface area contributed by atoms with Crippen molar-refractivity contribution in [3.63, 3.8) is 0 Å². The predicted molar refractivity (Wildman–Crippen MR) is 72.6 cm³/mol. The lowest BCUT2D eigenvalue weighted by atomic mass is 10.2. The number of anilines is 1. The van der Waals surface area contributed by atoms with E-state index in [-0.39, 0.29) is 12.5 Å². The lowest BCUT2D eigenvalue weighted by Crippen LogP contribution is -2.35. The van der Waals surface area contributed by atoms with Crippen molar-refractivity contribution in [2.24, 2.45) is 0 Å². The van der Waals surface area contributed by atoms with Gasteiger partial charge in [-0.25, -0.2) is 0 Å². The van der Waals surface area contributed by atoms with Gasteiger partial charge in [-0.15, -0.1) is 0 Å². The van der Waals surface area contributed by atoms with Gasteiger partial charge in [0.15, 0.2) is 0 Å². The molecule has 0 bridgehead atoms. The number of halogens is 1. The molecule has 0 aliphatic rings. The predicted octanol–water partition coefficient (Wildman–Crippen LogP) is 2.49. The normalized spacial score (nSPS) is 9.67. The molecule has 5 heteroatoms. The zero-order valence-electron chi connectivity index (χ0n) is 10.5. The summed E-state index contributed by atoms with van der Waals surface area (Å²) in [5.74, 6) is 0.00358. The Labute approximate surface area is 112 Å². The van der Waals surface area contributed by atoms with E-state index >= 15 is 0 Å². The average Bonchev–Trinajstić information content (AvgIpc) is 2.37. The molecule has 0 heterocycles. The molecule has 1 N–H and O–H groups in total. The van der Waals surface area contributed by atoms with Crippen molar-refractivity contribution in [2.45, 2.75) is 13.8 Å². The Kier molecular flexibility index (Phi) is 5.47. The lowest BCUT2D eigenvalue weighted by Gasteiger charge is -2.19. The van der Waals surface area contributed by atoms with Crippen LogP contribution in [0.15, 0.2) is 18.2 Å². The van der Waals surface area contributed by atoms with Crippen molar-refractivity contribution in [3.05, 3.63) is 28.8 Å². The van der Waals surface area contributed by atoms with Crippen molar-refractivity contribution in [3.8, 4) is 6.07 Å². The quantitative estimate of drug-likeness (QED) is 0.890. The maximum atomic E-state index is 11.8. The van der Waals surface area contributed by atoms with Crippen LogP contribution in [0.5, 0.6) is 0 Å². The number of hydrogen-bond acceptors (Lipinski definition) is 3. The summed E-state index contributed by atoms with van der Waals surface area (Å²) >= 11 is 5.90. The number of carbonyl (C=O) groups is 1. The number of likely N-dealkylation sites (N-methyl/N-ethyl adjacent to an activating group) is 1. The molecule has 18 heavy (non-hydrogen) atoms. The van der Waals surface area contributed by atoms with E-state index in [4.69, 9.17) is 16.9 Å². The van der Waals surface area contributed by atoms with Gasteiger partial charge in [-0.05, 0) is 26.0 Å². The number of nitrogens with one attached hydrogen (secondary N) is 1. The van der Waals surface area contributed by atoms with Crippen LogP contribution in [0.1, 0.15) is 19.4 Å². The molecule has 0 radical (unpaired) electrons. The molecular formula is C13H16ClN3O. The summed E-state index contributed by atoms with van der Waals surface area (Å²) in [5, 5.41) is 12.3. The highest BCUT2D eigenvalue weighted by molar-refractivity contribution is 6.32. The van der Waals surface area contributed by atoms with Crippen molar-refractivity contribution < 1.29 is 4.79 Å². The number of nitriles is 1. The van der Waals surface area contributed by atoms with Crippen molar-refractivity contribution >= 4 is 23.2 Å². The standard InChI is InChI=1S/C13H16ClN3O/c1-3-17(4-2)13(18)9-16-12-7-5-6-11(14)10(12)8-15/h5-7,16H,3-4,9H2,1-2H3. The molecule has 4 nitrogen and oxygen atoms in total. The molecule has 0 fully saturated rings. The first-order valence-corrected chi connectivity index (χ1v) is 6.22. The smallest absolute Gasteiger partial charge is 0.241 e. The van der Waals surface area contributed by atoms with Gasteiger partial charge in [-0.3, -0.25) is 4.79 Å². The minimum atomic E-state index is 0.00358. The Morgan fingerprint density at radius 2 is 2.11 bits per heavy atom. The average molecular weight is 266 g/mol. The largest absolute Gasteiger partial charge is 0.375 e. The van der Waals surface area contributed by atoms with Crippen LogP contribution in [0.3, 0.4) is 0 Å². The molecule has 1 aromatic rings. The van der Waals surface area contributed by atoms with Gasteiger partial charge in [0.25, 0.3) is 0 Å².